The lowest BCUT2D eigenvalue weighted by Crippen LogP contribution is -2.37. The van der Waals surface area contributed by atoms with E-state index in [1.54, 1.807) is 48.5 Å². The van der Waals surface area contributed by atoms with E-state index in [-0.39, 0.29) is 14.8 Å². The summed E-state index contributed by atoms with van der Waals surface area (Å²) < 4.78 is 0.157. The van der Waals surface area contributed by atoms with Crippen LogP contribution >= 0.6 is 24.0 Å². The van der Waals surface area contributed by atoms with Gasteiger partial charge in [0.1, 0.15) is 4.32 Å². The summed E-state index contributed by atoms with van der Waals surface area (Å²) in [6.45, 7) is 0. The van der Waals surface area contributed by atoms with Crippen molar-refractivity contribution in [3.63, 3.8) is 0 Å². The number of aromatic carboxylic acids is 1. The Kier molecular flexibility index (Phi) is 5.38. The molecule has 27 heavy (non-hydrogen) atoms. The number of amides is 1. The van der Waals surface area contributed by atoms with Crippen LogP contribution in [-0.4, -0.2) is 37.3 Å². The molecule has 1 fully saturated rings. The van der Waals surface area contributed by atoms with Gasteiger partial charge in [0.15, 0.2) is 6.04 Å². The molecular formula is C19H13NO5S2. The Morgan fingerprint density at radius 1 is 1.04 bits per heavy atom. The van der Waals surface area contributed by atoms with E-state index in [9.17, 15) is 19.5 Å². The number of rotatable bonds is 5. The van der Waals surface area contributed by atoms with Crippen LogP contribution in [0.3, 0.4) is 0 Å². The molecule has 8 heteroatoms. The van der Waals surface area contributed by atoms with E-state index in [0.717, 1.165) is 16.7 Å². The van der Waals surface area contributed by atoms with Crippen molar-refractivity contribution in [2.24, 2.45) is 0 Å². The van der Waals surface area contributed by atoms with E-state index >= 15 is 0 Å². The molecular weight excluding hydrogens is 386 g/mol. The Morgan fingerprint density at radius 2 is 1.67 bits per heavy atom. The van der Waals surface area contributed by atoms with Crippen LogP contribution in [0.1, 0.15) is 27.5 Å². The van der Waals surface area contributed by atoms with Crippen molar-refractivity contribution >= 4 is 52.2 Å². The standard InChI is InChI=1S/C19H13NO5S2/c21-16-14(10-11-6-8-13(9-7-11)17(22)23)27-19(26)20(16)15(18(24)25)12-4-2-1-3-5-12/h1-10,15H,(H,22,23)(H,24,25)/b14-10-. The number of carboxylic acids is 2. The third-order valence-corrected chi connectivity index (χ3v) is 5.22. The molecule has 1 unspecified atom stereocenters. The second-order valence-corrected chi connectivity index (χ2v) is 7.31. The summed E-state index contributed by atoms with van der Waals surface area (Å²) in [7, 11) is 0. The summed E-state index contributed by atoms with van der Waals surface area (Å²) >= 11 is 6.26. The van der Waals surface area contributed by atoms with Crippen LogP contribution in [0, 0.1) is 0 Å². The van der Waals surface area contributed by atoms with Crippen molar-refractivity contribution in [2.75, 3.05) is 0 Å². The first-order valence-corrected chi connectivity index (χ1v) is 8.99. The summed E-state index contributed by atoms with van der Waals surface area (Å²) in [5.41, 5.74) is 1.20. The van der Waals surface area contributed by atoms with Gasteiger partial charge in [-0.1, -0.05) is 66.4 Å². The van der Waals surface area contributed by atoms with Gasteiger partial charge in [-0.3, -0.25) is 9.69 Å². The number of thioether (sulfide) groups is 1. The number of thiocarbonyl (C=S) groups is 1. The van der Waals surface area contributed by atoms with Gasteiger partial charge in [-0.15, -0.1) is 0 Å². The average molecular weight is 399 g/mol. The van der Waals surface area contributed by atoms with Crippen LogP contribution in [0.2, 0.25) is 0 Å². The smallest absolute Gasteiger partial charge is 0.335 e. The molecule has 0 aromatic heterocycles. The summed E-state index contributed by atoms with van der Waals surface area (Å²) in [6, 6.07) is 13.2. The van der Waals surface area contributed by atoms with Crippen LogP contribution in [-0.2, 0) is 9.59 Å². The number of nitrogens with zero attached hydrogens (tertiary/aromatic N) is 1. The lowest BCUT2D eigenvalue weighted by molar-refractivity contribution is -0.145. The van der Waals surface area contributed by atoms with E-state index in [1.807, 2.05) is 0 Å². The van der Waals surface area contributed by atoms with Gasteiger partial charge >= 0.3 is 11.9 Å². The summed E-state index contributed by atoms with van der Waals surface area (Å²) in [6.07, 6.45) is 1.56. The topological polar surface area (TPSA) is 94.9 Å². The predicted molar refractivity (Wildman–Crippen MR) is 105 cm³/mol. The lowest BCUT2D eigenvalue weighted by atomic mass is 10.1. The molecule has 136 valence electrons. The predicted octanol–water partition coefficient (Wildman–Crippen LogP) is 3.41. The SMILES string of the molecule is O=C(O)c1ccc(/C=C2\SC(=S)N(C(C(=O)O)c3ccccc3)C2=O)cc1. The van der Waals surface area contributed by atoms with Crippen LogP contribution in [0.15, 0.2) is 59.5 Å². The van der Waals surface area contributed by atoms with E-state index in [1.165, 1.54) is 12.1 Å². The molecule has 2 aromatic rings. The van der Waals surface area contributed by atoms with Crippen molar-refractivity contribution in [1.29, 1.82) is 0 Å². The van der Waals surface area contributed by atoms with Crippen molar-refractivity contribution in [3.8, 4) is 0 Å². The van der Waals surface area contributed by atoms with Gasteiger partial charge in [-0.2, -0.15) is 0 Å². The minimum absolute atomic E-state index is 0.134. The first kappa shape index (κ1) is 18.8. The van der Waals surface area contributed by atoms with Gasteiger partial charge in [0.2, 0.25) is 0 Å². The number of carbonyl (C=O) groups is 3. The zero-order valence-corrected chi connectivity index (χ0v) is 15.4. The fourth-order valence-corrected chi connectivity index (χ4v) is 3.93. The third kappa shape index (κ3) is 3.91. The van der Waals surface area contributed by atoms with E-state index in [4.69, 9.17) is 17.3 Å². The summed E-state index contributed by atoms with van der Waals surface area (Å²) in [5, 5.41) is 18.6. The maximum atomic E-state index is 12.8. The highest BCUT2D eigenvalue weighted by molar-refractivity contribution is 8.26. The number of benzene rings is 2. The Labute approximate surface area is 164 Å². The van der Waals surface area contributed by atoms with Gasteiger partial charge < -0.3 is 10.2 Å². The quantitative estimate of drug-likeness (QED) is 0.588. The Bertz CT molecular complexity index is 954. The fourth-order valence-electron chi connectivity index (χ4n) is 2.61. The molecule has 1 aliphatic rings. The minimum atomic E-state index is -1.21. The summed E-state index contributed by atoms with van der Waals surface area (Å²) in [4.78, 5) is 36.9. The highest BCUT2D eigenvalue weighted by Gasteiger charge is 2.41. The number of carbonyl (C=O) groups excluding carboxylic acids is 1. The van der Waals surface area contributed by atoms with Crippen molar-refractivity contribution in [1.82, 2.24) is 4.90 Å². The normalized spacial score (nSPS) is 16.6. The largest absolute Gasteiger partial charge is 0.479 e. The van der Waals surface area contributed by atoms with Gasteiger partial charge in [0.25, 0.3) is 5.91 Å². The molecule has 0 radical (unpaired) electrons. The molecule has 2 N–H and O–H groups in total. The van der Waals surface area contributed by atoms with Gasteiger partial charge in [-0.05, 0) is 29.3 Å². The van der Waals surface area contributed by atoms with Crippen molar-refractivity contribution < 1.29 is 24.6 Å². The average Bonchev–Trinajstić information content (AvgIpc) is 2.91. The Balaban J connectivity index is 1.92. The van der Waals surface area contributed by atoms with Crippen LogP contribution < -0.4 is 0 Å². The first-order valence-electron chi connectivity index (χ1n) is 7.76. The van der Waals surface area contributed by atoms with E-state index < -0.39 is 23.9 Å². The number of hydrogen-bond donors (Lipinski definition) is 2. The van der Waals surface area contributed by atoms with Crippen LogP contribution in [0.25, 0.3) is 6.08 Å². The molecule has 1 aliphatic heterocycles. The maximum absolute atomic E-state index is 12.8. The molecule has 6 nitrogen and oxygen atoms in total. The Morgan fingerprint density at radius 3 is 2.22 bits per heavy atom. The second kappa shape index (κ2) is 7.73. The number of carboxylic acid groups (broad SMARTS) is 2. The maximum Gasteiger partial charge on any atom is 0.335 e. The first-order chi connectivity index (χ1) is 12.9. The summed E-state index contributed by atoms with van der Waals surface area (Å²) in [5.74, 6) is -2.71. The molecule has 0 aliphatic carbocycles. The molecule has 1 atom stereocenters. The molecule has 1 heterocycles. The van der Waals surface area contributed by atoms with Crippen molar-refractivity contribution in [2.45, 2.75) is 6.04 Å². The molecule has 0 saturated carbocycles. The fraction of sp³-hybridized carbons (Fsp3) is 0.0526. The second-order valence-electron chi connectivity index (χ2n) is 5.63. The van der Waals surface area contributed by atoms with Crippen LogP contribution in [0.4, 0.5) is 0 Å². The van der Waals surface area contributed by atoms with Gasteiger partial charge in [0, 0.05) is 0 Å². The zero-order valence-electron chi connectivity index (χ0n) is 13.7. The third-order valence-electron chi connectivity index (χ3n) is 3.89. The monoisotopic (exact) mass is 399 g/mol. The Hall–Kier alpha value is -2.97. The molecule has 1 amide bonds. The van der Waals surface area contributed by atoms with E-state index in [2.05, 4.69) is 0 Å². The molecule has 3 rings (SSSR count). The van der Waals surface area contributed by atoms with E-state index in [0.29, 0.717) is 11.1 Å². The van der Waals surface area contributed by atoms with Gasteiger partial charge in [-0.25, -0.2) is 9.59 Å². The van der Waals surface area contributed by atoms with Crippen molar-refractivity contribution in [3.05, 3.63) is 76.2 Å². The minimum Gasteiger partial charge on any atom is -0.479 e. The number of aliphatic carboxylic acids is 1. The highest BCUT2D eigenvalue weighted by atomic mass is 32.2. The zero-order chi connectivity index (χ0) is 19.6. The molecule has 1 saturated heterocycles. The molecule has 0 spiro atoms. The molecule has 2 aromatic carbocycles. The lowest BCUT2D eigenvalue weighted by Gasteiger charge is -2.23. The number of hydrogen-bond acceptors (Lipinski definition) is 5. The highest BCUT2D eigenvalue weighted by Crippen LogP contribution is 2.38. The van der Waals surface area contributed by atoms with Crippen LogP contribution in [0.5, 0.6) is 0 Å². The molecule has 0 bridgehead atoms. The van der Waals surface area contributed by atoms with Gasteiger partial charge in [0.05, 0.1) is 10.5 Å².